The third-order valence-corrected chi connectivity index (χ3v) is 3.94. The summed E-state index contributed by atoms with van der Waals surface area (Å²) in [5.74, 6) is 1.35. The van der Waals surface area contributed by atoms with Gasteiger partial charge >= 0.3 is 5.97 Å². The molecule has 0 spiro atoms. The lowest BCUT2D eigenvalue weighted by molar-refractivity contribution is -0.117. The number of ether oxygens (including phenoxy) is 1. The third-order valence-electron chi connectivity index (χ3n) is 2.88. The molecule has 1 aromatic rings. The largest absolute Gasteiger partial charge is 0.462 e. The first-order valence-corrected chi connectivity index (χ1v) is 7.75. The van der Waals surface area contributed by atoms with Crippen LogP contribution in [0.4, 0.5) is 5.69 Å². The second-order valence-electron chi connectivity index (χ2n) is 4.37. The van der Waals surface area contributed by atoms with E-state index in [9.17, 15) is 9.59 Å². The van der Waals surface area contributed by atoms with Crippen molar-refractivity contribution in [3.63, 3.8) is 0 Å². The average Bonchev–Trinajstić information content (AvgIpc) is 2.48. The molecule has 1 aliphatic rings. The van der Waals surface area contributed by atoms with Crippen LogP contribution in [0.25, 0.3) is 0 Å². The van der Waals surface area contributed by atoms with Gasteiger partial charge in [-0.1, -0.05) is 6.07 Å². The number of benzene rings is 1. The fourth-order valence-corrected chi connectivity index (χ4v) is 2.84. The standard InChI is InChI=1S/C14H18N2O3S/c1-2-19-14(18)10-4-3-5-11(8-10)16-13(17)12-9-20-7-6-15-12/h3-5,8,12,15H,2,6-7,9H2,1H3,(H,16,17). The predicted molar refractivity (Wildman–Crippen MR) is 80.1 cm³/mol. The maximum atomic E-state index is 12.1. The van der Waals surface area contributed by atoms with E-state index in [1.165, 1.54) is 0 Å². The van der Waals surface area contributed by atoms with Crippen LogP contribution in [0.1, 0.15) is 17.3 Å². The number of hydrogen-bond donors (Lipinski definition) is 2. The molecule has 20 heavy (non-hydrogen) atoms. The molecule has 6 heteroatoms. The van der Waals surface area contributed by atoms with Crippen LogP contribution in [-0.4, -0.2) is 42.6 Å². The Balaban J connectivity index is 2.00. The molecule has 1 unspecified atom stereocenters. The highest BCUT2D eigenvalue weighted by atomic mass is 32.2. The van der Waals surface area contributed by atoms with Crippen molar-refractivity contribution in [2.75, 3.05) is 30.0 Å². The quantitative estimate of drug-likeness (QED) is 0.824. The van der Waals surface area contributed by atoms with E-state index in [1.54, 1.807) is 43.0 Å². The molecule has 1 aliphatic heterocycles. The van der Waals surface area contributed by atoms with E-state index in [2.05, 4.69) is 10.6 Å². The smallest absolute Gasteiger partial charge is 0.338 e. The second kappa shape index (κ2) is 7.31. The normalized spacial score (nSPS) is 18.4. The summed E-state index contributed by atoms with van der Waals surface area (Å²) >= 11 is 1.76. The number of thioether (sulfide) groups is 1. The molecule has 1 saturated heterocycles. The van der Waals surface area contributed by atoms with Gasteiger partial charge in [-0.3, -0.25) is 4.79 Å². The molecular weight excluding hydrogens is 276 g/mol. The van der Waals surface area contributed by atoms with Crippen molar-refractivity contribution in [1.29, 1.82) is 0 Å². The summed E-state index contributed by atoms with van der Waals surface area (Å²) in [7, 11) is 0. The molecule has 1 amide bonds. The van der Waals surface area contributed by atoms with Crippen LogP contribution in [0, 0.1) is 0 Å². The molecule has 108 valence electrons. The number of anilines is 1. The lowest BCUT2D eigenvalue weighted by Gasteiger charge is -2.22. The van der Waals surface area contributed by atoms with E-state index in [0.29, 0.717) is 17.9 Å². The second-order valence-corrected chi connectivity index (χ2v) is 5.52. The Bertz CT molecular complexity index is 487. The SMILES string of the molecule is CCOC(=O)c1cccc(NC(=O)C2CSCCN2)c1. The molecule has 2 rings (SSSR count). The Morgan fingerprint density at radius 1 is 1.50 bits per heavy atom. The molecule has 1 fully saturated rings. The Labute approximate surface area is 122 Å². The summed E-state index contributed by atoms with van der Waals surface area (Å²) in [4.78, 5) is 23.7. The molecule has 1 atom stereocenters. The van der Waals surface area contributed by atoms with Crippen molar-refractivity contribution in [2.45, 2.75) is 13.0 Å². The van der Waals surface area contributed by atoms with Gasteiger partial charge in [0, 0.05) is 23.7 Å². The monoisotopic (exact) mass is 294 g/mol. The topological polar surface area (TPSA) is 67.4 Å². The molecule has 1 aromatic carbocycles. The molecule has 0 aromatic heterocycles. The van der Waals surface area contributed by atoms with Crippen molar-refractivity contribution in [3.8, 4) is 0 Å². The molecule has 0 radical (unpaired) electrons. The first kappa shape index (κ1) is 14.9. The number of carbonyl (C=O) groups is 2. The van der Waals surface area contributed by atoms with E-state index in [0.717, 1.165) is 18.1 Å². The molecule has 0 saturated carbocycles. The minimum absolute atomic E-state index is 0.0711. The van der Waals surface area contributed by atoms with Gasteiger partial charge in [0.1, 0.15) is 0 Å². The Morgan fingerprint density at radius 2 is 2.35 bits per heavy atom. The number of amides is 1. The zero-order valence-electron chi connectivity index (χ0n) is 11.3. The minimum Gasteiger partial charge on any atom is -0.462 e. The van der Waals surface area contributed by atoms with Crippen LogP contribution in [-0.2, 0) is 9.53 Å². The predicted octanol–water partition coefficient (Wildman–Crippen LogP) is 1.51. The highest BCUT2D eigenvalue weighted by Crippen LogP contribution is 2.14. The van der Waals surface area contributed by atoms with Crippen LogP contribution < -0.4 is 10.6 Å². The van der Waals surface area contributed by atoms with Crippen molar-refractivity contribution in [2.24, 2.45) is 0 Å². The van der Waals surface area contributed by atoms with Crippen molar-refractivity contribution >= 4 is 29.3 Å². The van der Waals surface area contributed by atoms with Gasteiger partial charge in [-0.2, -0.15) is 11.8 Å². The number of hydrogen-bond acceptors (Lipinski definition) is 5. The van der Waals surface area contributed by atoms with Crippen molar-refractivity contribution in [1.82, 2.24) is 5.32 Å². The maximum absolute atomic E-state index is 12.1. The van der Waals surface area contributed by atoms with E-state index in [1.807, 2.05) is 0 Å². The van der Waals surface area contributed by atoms with E-state index >= 15 is 0 Å². The first-order valence-electron chi connectivity index (χ1n) is 6.60. The minimum atomic E-state index is -0.380. The van der Waals surface area contributed by atoms with Gasteiger partial charge in [0.05, 0.1) is 18.2 Å². The van der Waals surface area contributed by atoms with Gasteiger partial charge in [-0.05, 0) is 25.1 Å². The van der Waals surface area contributed by atoms with Crippen LogP contribution in [0.5, 0.6) is 0 Å². The lowest BCUT2D eigenvalue weighted by Crippen LogP contribution is -2.46. The highest BCUT2D eigenvalue weighted by Gasteiger charge is 2.21. The zero-order valence-corrected chi connectivity index (χ0v) is 12.2. The van der Waals surface area contributed by atoms with Gasteiger partial charge < -0.3 is 15.4 Å². The number of carbonyl (C=O) groups excluding carboxylic acids is 2. The Morgan fingerprint density at radius 3 is 3.05 bits per heavy atom. The summed E-state index contributed by atoms with van der Waals surface area (Å²) in [5.41, 5.74) is 1.05. The molecule has 1 heterocycles. The van der Waals surface area contributed by atoms with E-state index < -0.39 is 0 Å². The summed E-state index contributed by atoms with van der Waals surface area (Å²) < 4.78 is 4.94. The van der Waals surface area contributed by atoms with Gasteiger partial charge in [-0.25, -0.2) is 4.79 Å². The first-order chi connectivity index (χ1) is 9.70. The van der Waals surface area contributed by atoms with Crippen molar-refractivity contribution < 1.29 is 14.3 Å². The summed E-state index contributed by atoms with van der Waals surface area (Å²) in [6, 6.07) is 6.61. The van der Waals surface area contributed by atoms with Gasteiger partial charge in [0.2, 0.25) is 5.91 Å². The Kier molecular flexibility index (Phi) is 5.43. The lowest BCUT2D eigenvalue weighted by atomic mass is 10.2. The third kappa shape index (κ3) is 3.98. The van der Waals surface area contributed by atoms with Gasteiger partial charge in [-0.15, -0.1) is 0 Å². The summed E-state index contributed by atoms with van der Waals surface area (Å²) in [6.07, 6.45) is 0. The molecule has 0 bridgehead atoms. The zero-order chi connectivity index (χ0) is 14.4. The maximum Gasteiger partial charge on any atom is 0.338 e. The van der Waals surface area contributed by atoms with Crippen LogP contribution in [0.3, 0.4) is 0 Å². The molecule has 5 nitrogen and oxygen atoms in total. The fourth-order valence-electron chi connectivity index (χ4n) is 1.90. The Hall–Kier alpha value is -1.53. The average molecular weight is 294 g/mol. The van der Waals surface area contributed by atoms with Crippen LogP contribution in [0.15, 0.2) is 24.3 Å². The molecule has 0 aliphatic carbocycles. The van der Waals surface area contributed by atoms with Crippen molar-refractivity contribution in [3.05, 3.63) is 29.8 Å². The van der Waals surface area contributed by atoms with E-state index in [-0.39, 0.29) is 17.9 Å². The van der Waals surface area contributed by atoms with E-state index in [4.69, 9.17) is 4.74 Å². The number of esters is 1. The number of rotatable bonds is 4. The summed E-state index contributed by atoms with van der Waals surface area (Å²) in [5, 5.41) is 6.00. The van der Waals surface area contributed by atoms with Crippen LogP contribution >= 0.6 is 11.8 Å². The summed E-state index contributed by atoms with van der Waals surface area (Å²) in [6.45, 7) is 2.93. The van der Waals surface area contributed by atoms with Gasteiger partial charge in [0.15, 0.2) is 0 Å². The van der Waals surface area contributed by atoms with Gasteiger partial charge in [0.25, 0.3) is 0 Å². The molecular formula is C14H18N2O3S. The molecule has 2 N–H and O–H groups in total. The van der Waals surface area contributed by atoms with Crippen LogP contribution in [0.2, 0.25) is 0 Å². The highest BCUT2D eigenvalue weighted by molar-refractivity contribution is 7.99. The fraction of sp³-hybridized carbons (Fsp3) is 0.429. The number of nitrogens with one attached hydrogen (secondary N) is 2.